The second kappa shape index (κ2) is 2.86. The van der Waals surface area contributed by atoms with Crippen molar-refractivity contribution in [1.82, 2.24) is 0 Å². The largest absolute Gasteiger partial charge is 0.122 e. The summed E-state index contributed by atoms with van der Waals surface area (Å²) >= 11 is 5.72. The van der Waals surface area contributed by atoms with Crippen molar-refractivity contribution in [1.29, 1.82) is 0 Å². The highest BCUT2D eigenvalue weighted by Gasteiger charge is 2.22. The molecule has 0 amide bonds. The van der Waals surface area contributed by atoms with Crippen LogP contribution in [0.1, 0.15) is 29.9 Å². The number of benzene rings is 1. The van der Waals surface area contributed by atoms with Gasteiger partial charge in [-0.15, -0.1) is 11.6 Å². The van der Waals surface area contributed by atoms with Crippen LogP contribution in [0.25, 0.3) is 0 Å². The van der Waals surface area contributed by atoms with E-state index in [4.69, 9.17) is 11.6 Å². The normalized spacial score (nSPS) is 16.8. The first-order valence-electron chi connectivity index (χ1n) is 4.05. The third-order valence-electron chi connectivity index (χ3n) is 2.15. The summed E-state index contributed by atoms with van der Waals surface area (Å²) in [5.41, 5.74) is 2.72. The van der Waals surface area contributed by atoms with Crippen LogP contribution in [0, 0.1) is 0 Å². The zero-order valence-electron chi connectivity index (χ0n) is 6.39. The molecule has 0 saturated heterocycles. The minimum Gasteiger partial charge on any atom is -0.122 e. The maximum Gasteiger partial charge on any atom is 0.0474 e. The lowest BCUT2D eigenvalue weighted by Crippen LogP contribution is -1.82. The van der Waals surface area contributed by atoms with Crippen LogP contribution < -0.4 is 0 Å². The highest BCUT2D eigenvalue weighted by atomic mass is 35.5. The molecular formula is C10H11Cl. The van der Waals surface area contributed by atoms with Crippen molar-refractivity contribution in [2.75, 3.05) is 0 Å². The van der Waals surface area contributed by atoms with Crippen molar-refractivity contribution < 1.29 is 0 Å². The maximum atomic E-state index is 5.72. The van der Waals surface area contributed by atoms with Gasteiger partial charge in [-0.3, -0.25) is 0 Å². The predicted octanol–water partition coefficient (Wildman–Crippen LogP) is 3.30. The molecule has 0 bridgehead atoms. The van der Waals surface area contributed by atoms with Crippen LogP contribution >= 0.6 is 11.6 Å². The molecule has 0 aliphatic heterocycles. The lowest BCUT2D eigenvalue weighted by Gasteiger charge is -1.99. The quantitative estimate of drug-likeness (QED) is 0.592. The SMILES string of the molecule is ClCc1cccc(C2CC2)c1. The predicted molar refractivity (Wildman–Crippen MR) is 48.0 cm³/mol. The maximum absolute atomic E-state index is 5.72. The molecule has 1 saturated carbocycles. The Hall–Kier alpha value is -0.490. The third-order valence-corrected chi connectivity index (χ3v) is 2.46. The van der Waals surface area contributed by atoms with E-state index in [0.717, 1.165) is 5.92 Å². The topological polar surface area (TPSA) is 0 Å². The van der Waals surface area contributed by atoms with Crippen LogP contribution in [0.3, 0.4) is 0 Å². The third kappa shape index (κ3) is 1.57. The van der Waals surface area contributed by atoms with Gasteiger partial charge in [0.25, 0.3) is 0 Å². The highest BCUT2D eigenvalue weighted by molar-refractivity contribution is 6.17. The fourth-order valence-electron chi connectivity index (χ4n) is 1.35. The van der Waals surface area contributed by atoms with Crippen LogP contribution in [0.15, 0.2) is 24.3 Å². The Labute approximate surface area is 72.2 Å². The molecule has 0 unspecified atom stereocenters. The Kier molecular flexibility index (Phi) is 1.87. The van der Waals surface area contributed by atoms with Gasteiger partial charge in [0.05, 0.1) is 0 Å². The summed E-state index contributed by atoms with van der Waals surface area (Å²) in [5.74, 6) is 1.48. The number of halogens is 1. The van der Waals surface area contributed by atoms with E-state index in [2.05, 4.69) is 24.3 Å². The summed E-state index contributed by atoms with van der Waals surface area (Å²) in [6.45, 7) is 0. The molecule has 11 heavy (non-hydrogen) atoms. The Bertz CT molecular complexity index is 251. The van der Waals surface area contributed by atoms with Crippen molar-refractivity contribution in [2.24, 2.45) is 0 Å². The summed E-state index contributed by atoms with van der Waals surface area (Å²) in [6.07, 6.45) is 2.73. The molecule has 0 heterocycles. The van der Waals surface area contributed by atoms with E-state index >= 15 is 0 Å². The average Bonchev–Trinajstić information content (AvgIpc) is 2.87. The highest BCUT2D eigenvalue weighted by Crippen LogP contribution is 2.40. The zero-order chi connectivity index (χ0) is 7.68. The van der Waals surface area contributed by atoms with Gasteiger partial charge in [0.1, 0.15) is 0 Å². The smallest absolute Gasteiger partial charge is 0.0474 e. The molecule has 1 fully saturated rings. The van der Waals surface area contributed by atoms with Crippen LogP contribution in [-0.4, -0.2) is 0 Å². The van der Waals surface area contributed by atoms with E-state index in [0.29, 0.717) is 5.88 Å². The van der Waals surface area contributed by atoms with E-state index in [1.807, 2.05) is 0 Å². The van der Waals surface area contributed by atoms with Crippen molar-refractivity contribution in [3.8, 4) is 0 Å². The van der Waals surface area contributed by atoms with Gasteiger partial charge in [-0.2, -0.15) is 0 Å². The summed E-state index contributed by atoms with van der Waals surface area (Å²) in [7, 11) is 0. The number of rotatable bonds is 2. The first-order valence-corrected chi connectivity index (χ1v) is 4.58. The van der Waals surface area contributed by atoms with Crippen molar-refractivity contribution >= 4 is 11.6 Å². The summed E-state index contributed by atoms with van der Waals surface area (Å²) in [4.78, 5) is 0. The van der Waals surface area contributed by atoms with E-state index in [9.17, 15) is 0 Å². The molecule has 0 N–H and O–H groups in total. The molecular weight excluding hydrogens is 156 g/mol. The van der Waals surface area contributed by atoms with Gasteiger partial charge < -0.3 is 0 Å². The van der Waals surface area contributed by atoms with Crippen molar-refractivity contribution in [2.45, 2.75) is 24.6 Å². The molecule has 0 nitrogen and oxygen atoms in total. The van der Waals surface area contributed by atoms with Gasteiger partial charge in [-0.1, -0.05) is 24.3 Å². The van der Waals surface area contributed by atoms with Gasteiger partial charge in [0.15, 0.2) is 0 Å². The second-order valence-corrected chi connectivity index (χ2v) is 3.42. The van der Waals surface area contributed by atoms with E-state index in [1.54, 1.807) is 0 Å². The summed E-state index contributed by atoms with van der Waals surface area (Å²) in [6, 6.07) is 8.61. The van der Waals surface area contributed by atoms with Crippen molar-refractivity contribution in [3.05, 3.63) is 35.4 Å². The Morgan fingerprint density at radius 3 is 2.82 bits per heavy atom. The summed E-state index contributed by atoms with van der Waals surface area (Å²) < 4.78 is 0. The molecule has 1 aliphatic carbocycles. The minimum absolute atomic E-state index is 0.639. The second-order valence-electron chi connectivity index (χ2n) is 3.15. The number of hydrogen-bond acceptors (Lipinski definition) is 0. The van der Waals surface area contributed by atoms with Crippen molar-refractivity contribution in [3.63, 3.8) is 0 Å². The summed E-state index contributed by atoms with van der Waals surface area (Å²) in [5, 5.41) is 0. The van der Waals surface area contributed by atoms with Crippen LogP contribution in [-0.2, 0) is 5.88 Å². The Morgan fingerprint density at radius 2 is 2.18 bits per heavy atom. The number of hydrogen-bond donors (Lipinski definition) is 0. The fourth-order valence-corrected chi connectivity index (χ4v) is 1.51. The number of alkyl halides is 1. The molecule has 0 atom stereocenters. The monoisotopic (exact) mass is 166 g/mol. The van der Waals surface area contributed by atoms with E-state index in [-0.39, 0.29) is 0 Å². The average molecular weight is 167 g/mol. The Balaban J connectivity index is 2.26. The molecule has 2 rings (SSSR count). The molecule has 1 aromatic rings. The van der Waals surface area contributed by atoms with Gasteiger partial charge >= 0.3 is 0 Å². The zero-order valence-corrected chi connectivity index (χ0v) is 7.14. The van der Waals surface area contributed by atoms with Gasteiger partial charge in [0.2, 0.25) is 0 Å². The van der Waals surface area contributed by atoms with Crippen LogP contribution in [0.2, 0.25) is 0 Å². The molecule has 0 spiro atoms. The van der Waals surface area contributed by atoms with Gasteiger partial charge in [-0.05, 0) is 29.9 Å². The van der Waals surface area contributed by atoms with E-state index in [1.165, 1.54) is 24.0 Å². The molecule has 0 radical (unpaired) electrons. The molecule has 0 aromatic heterocycles. The van der Waals surface area contributed by atoms with Gasteiger partial charge in [0, 0.05) is 5.88 Å². The van der Waals surface area contributed by atoms with E-state index < -0.39 is 0 Å². The standard InChI is InChI=1S/C10H11Cl/c11-7-8-2-1-3-10(6-8)9-4-5-9/h1-3,6,9H,4-5,7H2. The Morgan fingerprint density at radius 1 is 1.36 bits per heavy atom. The first kappa shape index (κ1) is 7.17. The molecule has 1 heteroatoms. The van der Waals surface area contributed by atoms with Crippen LogP contribution in [0.5, 0.6) is 0 Å². The lowest BCUT2D eigenvalue weighted by atomic mass is 10.1. The minimum atomic E-state index is 0.639. The lowest BCUT2D eigenvalue weighted by molar-refractivity contribution is 1.12. The molecule has 58 valence electrons. The van der Waals surface area contributed by atoms with Gasteiger partial charge in [-0.25, -0.2) is 0 Å². The first-order chi connectivity index (χ1) is 5.40. The molecule has 1 aromatic carbocycles. The van der Waals surface area contributed by atoms with Crippen LogP contribution in [0.4, 0.5) is 0 Å². The molecule has 1 aliphatic rings. The fraction of sp³-hybridized carbons (Fsp3) is 0.400.